The van der Waals surface area contributed by atoms with Crippen molar-refractivity contribution in [2.24, 2.45) is 16.8 Å². The molecule has 0 bridgehead atoms. The Morgan fingerprint density at radius 3 is 2.73 bits per heavy atom. The van der Waals surface area contributed by atoms with E-state index in [1.807, 2.05) is 48.7 Å². The first-order chi connectivity index (χ1) is 17.9. The van der Waals surface area contributed by atoms with Gasteiger partial charge in [-0.25, -0.2) is 0 Å². The molecule has 0 saturated carbocycles. The van der Waals surface area contributed by atoms with Gasteiger partial charge in [0.25, 0.3) is 0 Å². The van der Waals surface area contributed by atoms with Gasteiger partial charge in [0.05, 0.1) is 18.2 Å². The maximum absolute atomic E-state index is 11.2. The largest absolute Gasteiger partial charge is 0.493 e. The standard InChI is InChI=1S/C31H37ClN2O3/c1-22(2)20-36-25-11-12-30-28(19-25)26(27-5-3-15-33-29(27)21-37-30)6-4-16-34-17-13-31(35,14-18-34)23-7-9-24(32)10-8-23/h3,5-12,15,19,22,27,29,35H,4,13-14,16-18,20-21H2,1-2H3. The molecular formula is C31H37ClN2O3. The van der Waals surface area contributed by atoms with Crippen LogP contribution in [0.25, 0.3) is 5.57 Å². The molecule has 0 amide bonds. The van der Waals surface area contributed by atoms with E-state index >= 15 is 0 Å². The number of likely N-dealkylation sites (tertiary alicyclic amines) is 1. The number of aliphatic imine (C=N–C) groups is 1. The SMILES string of the molecule is CC(C)COc1ccc2c(c1)C(=CCCN1CCC(O)(c3ccc(Cl)cc3)CC1)C1C=CC=NC1CO2. The molecule has 2 atom stereocenters. The topological polar surface area (TPSA) is 54.3 Å². The van der Waals surface area contributed by atoms with Crippen molar-refractivity contribution in [1.29, 1.82) is 0 Å². The number of dihydropyridines is 1. The lowest BCUT2D eigenvalue weighted by Gasteiger charge is -2.38. The van der Waals surface area contributed by atoms with E-state index in [0.29, 0.717) is 24.2 Å². The summed E-state index contributed by atoms with van der Waals surface area (Å²) in [5, 5.41) is 11.9. The minimum Gasteiger partial charge on any atom is -0.493 e. The Morgan fingerprint density at radius 2 is 1.97 bits per heavy atom. The monoisotopic (exact) mass is 520 g/mol. The molecule has 196 valence electrons. The molecule has 6 heteroatoms. The number of aliphatic hydroxyl groups is 1. The number of piperidine rings is 1. The van der Waals surface area contributed by atoms with Crippen molar-refractivity contribution in [1.82, 2.24) is 4.90 Å². The summed E-state index contributed by atoms with van der Waals surface area (Å²) in [5.41, 5.74) is 2.54. The van der Waals surface area contributed by atoms with Crippen LogP contribution >= 0.6 is 11.6 Å². The molecule has 3 aliphatic heterocycles. The average Bonchev–Trinajstić information content (AvgIpc) is 3.06. The minimum atomic E-state index is -0.776. The highest BCUT2D eigenvalue weighted by molar-refractivity contribution is 6.30. The Labute approximate surface area is 225 Å². The third kappa shape index (κ3) is 6.11. The molecule has 2 unspecified atom stereocenters. The highest BCUT2D eigenvalue weighted by Gasteiger charge is 2.34. The summed E-state index contributed by atoms with van der Waals surface area (Å²) < 4.78 is 12.3. The summed E-state index contributed by atoms with van der Waals surface area (Å²) in [6.45, 7) is 8.25. The first kappa shape index (κ1) is 26.0. The third-order valence-electron chi connectivity index (χ3n) is 7.59. The Hall–Kier alpha value is -2.60. The van der Waals surface area contributed by atoms with Gasteiger partial charge < -0.3 is 19.5 Å². The van der Waals surface area contributed by atoms with Gasteiger partial charge in [0.2, 0.25) is 0 Å². The van der Waals surface area contributed by atoms with Crippen molar-refractivity contribution in [2.45, 2.75) is 44.8 Å². The van der Waals surface area contributed by atoms with Gasteiger partial charge in [-0.15, -0.1) is 0 Å². The number of allylic oxidation sites excluding steroid dienone is 1. The van der Waals surface area contributed by atoms with Gasteiger partial charge in [-0.3, -0.25) is 4.99 Å². The second-order valence-corrected chi connectivity index (χ2v) is 11.2. The predicted molar refractivity (Wildman–Crippen MR) is 151 cm³/mol. The summed E-state index contributed by atoms with van der Waals surface area (Å²) in [4.78, 5) is 7.17. The molecule has 1 N–H and O–H groups in total. The first-order valence-corrected chi connectivity index (χ1v) is 13.8. The Morgan fingerprint density at radius 1 is 1.19 bits per heavy atom. The van der Waals surface area contributed by atoms with Crippen molar-refractivity contribution in [3.63, 3.8) is 0 Å². The van der Waals surface area contributed by atoms with Crippen LogP contribution < -0.4 is 9.47 Å². The molecule has 0 radical (unpaired) electrons. The molecule has 2 aromatic carbocycles. The average molecular weight is 521 g/mol. The second-order valence-electron chi connectivity index (χ2n) is 10.8. The van der Waals surface area contributed by atoms with Gasteiger partial charge in [-0.1, -0.05) is 49.7 Å². The summed E-state index contributed by atoms with van der Waals surface area (Å²) in [6.07, 6.45) is 10.9. The molecular weight excluding hydrogens is 484 g/mol. The molecule has 5 nitrogen and oxygen atoms in total. The van der Waals surface area contributed by atoms with Crippen LogP contribution in [0, 0.1) is 11.8 Å². The maximum atomic E-state index is 11.2. The molecule has 1 saturated heterocycles. The van der Waals surface area contributed by atoms with Gasteiger partial charge in [0, 0.05) is 42.4 Å². The molecule has 5 rings (SSSR count). The number of hydrogen-bond donors (Lipinski definition) is 1. The molecule has 0 aliphatic carbocycles. The minimum absolute atomic E-state index is 0.0769. The van der Waals surface area contributed by atoms with E-state index in [1.165, 1.54) is 5.57 Å². The number of fused-ring (bicyclic) bond motifs is 2. The molecule has 3 heterocycles. The van der Waals surface area contributed by atoms with E-state index in [1.54, 1.807) is 0 Å². The quantitative estimate of drug-likeness (QED) is 0.475. The zero-order valence-electron chi connectivity index (χ0n) is 21.8. The summed E-state index contributed by atoms with van der Waals surface area (Å²) in [5.74, 6) is 2.42. The van der Waals surface area contributed by atoms with Crippen molar-refractivity contribution in [3.05, 3.63) is 76.8 Å². The van der Waals surface area contributed by atoms with E-state index in [4.69, 9.17) is 26.1 Å². The fourth-order valence-electron chi connectivity index (χ4n) is 5.42. The van der Waals surface area contributed by atoms with Crippen molar-refractivity contribution in [3.8, 4) is 11.5 Å². The molecule has 37 heavy (non-hydrogen) atoms. The van der Waals surface area contributed by atoms with Gasteiger partial charge in [-0.05, 0) is 72.7 Å². The van der Waals surface area contributed by atoms with Crippen LogP contribution in [0.15, 0.2) is 65.7 Å². The van der Waals surface area contributed by atoms with Crippen molar-refractivity contribution < 1.29 is 14.6 Å². The van der Waals surface area contributed by atoms with Gasteiger partial charge in [0.1, 0.15) is 18.1 Å². The van der Waals surface area contributed by atoms with E-state index in [-0.39, 0.29) is 12.0 Å². The Balaban J connectivity index is 1.29. The number of benzene rings is 2. The van der Waals surface area contributed by atoms with Crippen LogP contribution in [-0.4, -0.2) is 55.1 Å². The fraction of sp³-hybridized carbons (Fsp3) is 0.452. The normalized spacial score (nSPS) is 23.9. The number of ether oxygens (including phenoxy) is 2. The predicted octanol–water partition coefficient (Wildman–Crippen LogP) is 6.15. The van der Waals surface area contributed by atoms with Crippen LogP contribution in [-0.2, 0) is 5.60 Å². The van der Waals surface area contributed by atoms with E-state index in [0.717, 1.165) is 61.5 Å². The van der Waals surface area contributed by atoms with E-state index in [2.05, 4.69) is 37.0 Å². The van der Waals surface area contributed by atoms with Crippen LogP contribution in [0.5, 0.6) is 11.5 Å². The zero-order chi connectivity index (χ0) is 25.8. The second kappa shape index (κ2) is 11.4. The number of hydrogen-bond acceptors (Lipinski definition) is 5. The maximum Gasteiger partial charge on any atom is 0.127 e. The zero-order valence-corrected chi connectivity index (χ0v) is 22.5. The van der Waals surface area contributed by atoms with Crippen molar-refractivity contribution >= 4 is 23.4 Å². The first-order valence-electron chi connectivity index (χ1n) is 13.4. The highest BCUT2D eigenvalue weighted by Crippen LogP contribution is 2.41. The fourth-order valence-corrected chi connectivity index (χ4v) is 5.55. The lowest BCUT2D eigenvalue weighted by Crippen LogP contribution is -2.42. The van der Waals surface area contributed by atoms with Crippen LogP contribution in [0.2, 0.25) is 5.02 Å². The molecule has 3 aliphatic rings. The lowest BCUT2D eigenvalue weighted by molar-refractivity contribution is -0.0254. The molecule has 0 spiro atoms. The van der Waals surface area contributed by atoms with Gasteiger partial charge in [-0.2, -0.15) is 0 Å². The van der Waals surface area contributed by atoms with E-state index < -0.39 is 5.60 Å². The Kier molecular flexibility index (Phi) is 8.04. The summed E-state index contributed by atoms with van der Waals surface area (Å²) in [6, 6.07) is 13.9. The van der Waals surface area contributed by atoms with Crippen LogP contribution in [0.4, 0.5) is 0 Å². The van der Waals surface area contributed by atoms with Crippen LogP contribution in [0.3, 0.4) is 0 Å². The summed E-state index contributed by atoms with van der Waals surface area (Å²) in [7, 11) is 0. The summed E-state index contributed by atoms with van der Waals surface area (Å²) >= 11 is 6.04. The third-order valence-corrected chi connectivity index (χ3v) is 7.84. The van der Waals surface area contributed by atoms with Crippen LogP contribution in [0.1, 0.15) is 44.2 Å². The number of nitrogens with zero attached hydrogens (tertiary/aromatic N) is 2. The molecule has 0 aromatic heterocycles. The molecule has 2 aromatic rings. The number of rotatable bonds is 7. The van der Waals surface area contributed by atoms with Crippen molar-refractivity contribution in [2.75, 3.05) is 32.8 Å². The number of halogens is 1. The van der Waals surface area contributed by atoms with Gasteiger partial charge >= 0.3 is 0 Å². The smallest absolute Gasteiger partial charge is 0.127 e. The van der Waals surface area contributed by atoms with Gasteiger partial charge in [0.15, 0.2) is 0 Å². The lowest BCUT2D eigenvalue weighted by atomic mass is 9.84. The molecule has 1 fully saturated rings. The van der Waals surface area contributed by atoms with E-state index in [9.17, 15) is 5.11 Å². The highest BCUT2D eigenvalue weighted by atomic mass is 35.5. The Bertz CT molecular complexity index is 1160.